The zero-order valence-electron chi connectivity index (χ0n) is 53.9. The van der Waals surface area contributed by atoms with Gasteiger partial charge in [0.25, 0.3) is 6.29 Å². The molecular weight excluding hydrogens is 1020 g/mol. The molecule has 472 valence electrons. The number of nitrogens with zero attached hydrogens (tertiary/aromatic N) is 1. The second kappa shape index (κ2) is 63.2. The monoisotopic (exact) mass is 1150 g/mol. The maximum Gasteiger partial charge on any atom is 0.361 e. The molecule has 0 aliphatic rings. The van der Waals surface area contributed by atoms with E-state index in [1.165, 1.54) is 148 Å². The first-order valence-electron chi connectivity index (χ1n) is 33.9. The minimum atomic E-state index is -1.52. The number of ether oxygens (including phenoxy) is 4. The van der Waals surface area contributed by atoms with Gasteiger partial charge in [-0.1, -0.05) is 297 Å². The molecule has 9 heteroatoms. The molecular formula is C73H128NO8+. The van der Waals surface area contributed by atoms with Gasteiger partial charge in [-0.3, -0.25) is 9.59 Å². The predicted molar refractivity (Wildman–Crippen MR) is 350 cm³/mol. The molecule has 0 aromatic rings. The highest BCUT2D eigenvalue weighted by molar-refractivity contribution is 5.71. The van der Waals surface area contributed by atoms with Gasteiger partial charge in [0, 0.05) is 12.8 Å². The largest absolute Gasteiger partial charge is 0.477 e. The Hall–Kier alpha value is -3.79. The highest BCUT2D eigenvalue weighted by Crippen LogP contribution is 2.17. The van der Waals surface area contributed by atoms with E-state index in [1.807, 2.05) is 21.1 Å². The minimum Gasteiger partial charge on any atom is -0.477 e. The molecule has 2 atom stereocenters. The van der Waals surface area contributed by atoms with Crippen molar-refractivity contribution in [2.75, 3.05) is 47.5 Å². The number of carboxylic acids is 1. The summed E-state index contributed by atoms with van der Waals surface area (Å²) in [7, 11) is 5.97. The summed E-state index contributed by atoms with van der Waals surface area (Å²) in [5, 5.41) is 9.74. The van der Waals surface area contributed by atoms with E-state index in [0.717, 1.165) is 109 Å². The van der Waals surface area contributed by atoms with Gasteiger partial charge in [-0.15, -0.1) is 0 Å². The third-order valence-electron chi connectivity index (χ3n) is 14.6. The van der Waals surface area contributed by atoms with Crippen molar-refractivity contribution in [2.45, 2.75) is 302 Å². The Morgan fingerprint density at radius 1 is 0.378 bits per heavy atom. The van der Waals surface area contributed by atoms with Crippen molar-refractivity contribution in [1.29, 1.82) is 0 Å². The first-order chi connectivity index (χ1) is 40.1. The van der Waals surface area contributed by atoms with Crippen molar-refractivity contribution in [1.82, 2.24) is 0 Å². The lowest BCUT2D eigenvalue weighted by atomic mass is 10.0. The smallest absolute Gasteiger partial charge is 0.361 e. The second-order valence-corrected chi connectivity index (χ2v) is 23.8. The highest BCUT2D eigenvalue weighted by atomic mass is 16.7. The maximum absolute atomic E-state index is 12.9. The van der Waals surface area contributed by atoms with Gasteiger partial charge in [0.15, 0.2) is 6.10 Å². The first kappa shape index (κ1) is 78.2. The number of quaternary nitrogens is 1. The fraction of sp³-hybridized carbons (Fsp3) is 0.740. The van der Waals surface area contributed by atoms with Crippen LogP contribution in [0.1, 0.15) is 290 Å². The van der Waals surface area contributed by atoms with E-state index in [9.17, 15) is 19.5 Å². The van der Waals surface area contributed by atoms with Crippen molar-refractivity contribution in [2.24, 2.45) is 0 Å². The Balaban J connectivity index is 4.20. The van der Waals surface area contributed by atoms with Crippen LogP contribution in [0.4, 0.5) is 0 Å². The summed E-state index contributed by atoms with van der Waals surface area (Å²) in [4.78, 5) is 37.6. The van der Waals surface area contributed by atoms with Gasteiger partial charge in [0.2, 0.25) is 0 Å². The van der Waals surface area contributed by atoms with Crippen molar-refractivity contribution in [3.05, 3.63) is 97.2 Å². The number of carbonyl (C=O) groups excluding carboxylic acids is 2. The summed E-state index contributed by atoms with van der Waals surface area (Å²) < 4.78 is 23.0. The Kier molecular flexibility index (Phi) is 60.3. The van der Waals surface area contributed by atoms with Crippen LogP contribution in [-0.4, -0.2) is 87.4 Å². The van der Waals surface area contributed by atoms with Crippen LogP contribution >= 0.6 is 0 Å². The molecule has 0 radical (unpaired) electrons. The Labute approximate surface area is 505 Å². The lowest BCUT2D eigenvalue weighted by Gasteiger charge is -2.25. The molecule has 0 rings (SSSR count). The molecule has 0 saturated heterocycles. The summed E-state index contributed by atoms with van der Waals surface area (Å²) in [5.41, 5.74) is 0. The number of carboxylic acid groups (broad SMARTS) is 1. The Morgan fingerprint density at radius 2 is 0.695 bits per heavy atom. The molecule has 0 aliphatic heterocycles. The SMILES string of the molecule is CC/C=C\C/C=C\C/C=C\C/C=C\C/C=C\C/C=C\C/C=C\C/C=C\CCCCCCCCC(=O)OC(COC(=O)CCCCCCCCCCCCCCCCCCCCCCCCCCCC)COC(OCC[N+](C)(C)C)C(=O)O. The highest BCUT2D eigenvalue weighted by Gasteiger charge is 2.25. The van der Waals surface area contributed by atoms with Gasteiger partial charge in [-0.2, -0.15) is 0 Å². The normalized spacial score (nSPS) is 13.3. The number of aliphatic carboxylic acids is 1. The predicted octanol–water partition coefficient (Wildman–Crippen LogP) is 20.9. The standard InChI is InChI=1S/C73H127NO8/c1-6-8-10-12-14-16-18-20-22-24-26-28-30-32-34-35-36-37-38-40-42-44-46-48-50-52-54-56-58-60-62-64-71(76)82-69(68-81-73(72(77)78)79-66-65-74(3,4)5)67-80-70(75)63-61-59-57-55-53-51-49-47-45-43-41-39-33-31-29-27-25-23-21-19-17-15-13-11-9-7-2/h8,10,14,16,20,22,26,28,32,34,36-37,40,42,46,48,69,73H,6-7,9,11-13,15,17-19,21,23-25,27,29-31,33,35,38-39,41,43-45,47,49-68H2,1-5H3/p+1/b10-8-,16-14-,22-20-,28-26-,34-32-,37-36-,42-40-,48-46-. The molecule has 82 heavy (non-hydrogen) atoms. The molecule has 0 aliphatic carbocycles. The Bertz CT molecular complexity index is 1670. The topological polar surface area (TPSA) is 108 Å². The number of esters is 2. The summed E-state index contributed by atoms with van der Waals surface area (Å²) in [6.07, 6.45) is 83.7. The van der Waals surface area contributed by atoms with Gasteiger partial charge >= 0.3 is 17.9 Å². The van der Waals surface area contributed by atoms with Gasteiger partial charge < -0.3 is 28.5 Å². The zero-order valence-corrected chi connectivity index (χ0v) is 53.9. The molecule has 1 N–H and O–H groups in total. The third kappa shape index (κ3) is 63.8. The number of allylic oxidation sites excluding steroid dienone is 16. The average Bonchev–Trinajstić information content (AvgIpc) is 3.45. The van der Waals surface area contributed by atoms with Crippen LogP contribution < -0.4 is 0 Å². The van der Waals surface area contributed by atoms with E-state index in [2.05, 4.69) is 111 Å². The number of carbonyl (C=O) groups is 3. The number of hydrogen-bond acceptors (Lipinski definition) is 7. The number of unbranched alkanes of at least 4 members (excludes halogenated alkanes) is 31. The van der Waals surface area contributed by atoms with Gasteiger partial charge in [-0.25, -0.2) is 4.79 Å². The molecule has 2 unspecified atom stereocenters. The van der Waals surface area contributed by atoms with E-state index >= 15 is 0 Å². The van der Waals surface area contributed by atoms with Gasteiger partial charge in [-0.05, 0) is 77.0 Å². The zero-order chi connectivity index (χ0) is 59.8. The van der Waals surface area contributed by atoms with Crippen LogP contribution in [0.25, 0.3) is 0 Å². The van der Waals surface area contributed by atoms with Crippen molar-refractivity contribution in [3.8, 4) is 0 Å². The van der Waals surface area contributed by atoms with Crippen molar-refractivity contribution in [3.63, 3.8) is 0 Å². The average molecular weight is 1150 g/mol. The fourth-order valence-electron chi connectivity index (χ4n) is 9.44. The maximum atomic E-state index is 12.9. The molecule has 0 saturated carbocycles. The summed E-state index contributed by atoms with van der Waals surface area (Å²) in [5.74, 6) is -2.02. The van der Waals surface area contributed by atoms with Crippen LogP contribution in [0.5, 0.6) is 0 Å². The fourth-order valence-corrected chi connectivity index (χ4v) is 9.44. The second-order valence-electron chi connectivity index (χ2n) is 23.8. The lowest BCUT2D eigenvalue weighted by molar-refractivity contribution is -0.870. The molecule has 0 heterocycles. The van der Waals surface area contributed by atoms with E-state index in [0.29, 0.717) is 23.9 Å². The van der Waals surface area contributed by atoms with Crippen molar-refractivity contribution < 1.29 is 42.9 Å². The molecule has 0 amide bonds. The molecule has 0 aromatic heterocycles. The van der Waals surface area contributed by atoms with Crippen molar-refractivity contribution >= 4 is 17.9 Å². The van der Waals surface area contributed by atoms with E-state index in [1.54, 1.807) is 0 Å². The number of likely N-dealkylation sites (N-methyl/N-ethyl adjacent to an activating group) is 1. The van der Waals surface area contributed by atoms with E-state index in [-0.39, 0.29) is 32.2 Å². The first-order valence-corrected chi connectivity index (χ1v) is 33.9. The molecule has 0 aromatic carbocycles. The van der Waals surface area contributed by atoms with Crippen LogP contribution in [0.2, 0.25) is 0 Å². The lowest BCUT2D eigenvalue weighted by Crippen LogP contribution is -2.40. The van der Waals surface area contributed by atoms with Crippen LogP contribution in [-0.2, 0) is 33.3 Å². The Morgan fingerprint density at radius 3 is 1.04 bits per heavy atom. The van der Waals surface area contributed by atoms with Gasteiger partial charge in [0.1, 0.15) is 13.2 Å². The summed E-state index contributed by atoms with van der Waals surface area (Å²) >= 11 is 0. The van der Waals surface area contributed by atoms with Crippen LogP contribution in [0, 0.1) is 0 Å². The van der Waals surface area contributed by atoms with Crippen LogP contribution in [0.15, 0.2) is 97.2 Å². The molecule has 0 fully saturated rings. The molecule has 0 bridgehead atoms. The number of rotatable bonds is 62. The quantitative estimate of drug-likeness (QED) is 0.0211. The molecule has 9 nitrogen and oxygen atoms in total. The van der Waals surface area contributed by atoms with E-state index < -0.39 is 24.3 Å². The third-order valence-corrected chi connectivity index (χ3v) is 14.6. The van der Waals surface area contributed by atoms with Crippen LogP contribution in [0.3, 0.4) is 0 Å². The summed E-state index contributed by atoms with van der Waals surface area (Å²) in [6.45, 7) is 4.78. The minimum absolute atomic E-state index is 0.181. The molecule has 0 spiro atoms. The summed E-state index contributed by atoms with van der Waals surface area (Å²) in [6, 6.07) is 0. The number of hydrogen-bond donors (Lipinski definition) is 1. The van der Waals surface area contributed by atoms with Gasteiger partial charge in [0.05, 0.1) is 34.4 Å². The van der Waals surface area contributed by atoms with E-state index in [4.69, 9.17) is 18.9 Å².